The summed E-state index contributed by atoms with van der Waals surface area (Å²) in [5.41, 5.74) is -0.250. The minimum atomic E-state index is -0.269. The lowest BCUT2D eigenvalue weighted by atomic mass is 9.59. The number of carbonyl (C=O) groups is 2. The Hall–Kier alpha value is -1.32. The van der Waals surface area contributed by atoms with E-state index in [2.05, 4.69) is 41.2 Å². The van der Waals surface area contributed by atoms with Crippen molar-refractivity contribution in [1.29, 1.82) is 0 Å². The van der Waals surface area contributed by atoms with E-state index in [-0.39, 0.29) is 35.5 Å². The second kappa shape index (κ2) is 6.63. The van der Waals surface area contributed by atoms with E-state index in [1.807, 2.05) is 0 Å². The molecule has 0 N–H and O–H groups in total. The fourth-order valence-corrected chi connectivity index (χ4v) is 3.18. The van der Waals surface area contributed by atoms with Crippen molar-refractivity contribution in [2.75, 3.05) is 0 Å². The van der Waals surface area contributed by atoms with Crippen molar-refractivity contribution in [3.8, 4) is 0 Å². The molecule has 4 nitrogen and oxygen atoms in total. The molecule has 0 aliphatic carbocycles. The van der Waals surface area contributed by atoms with Crippen molar-refractivity contribution in [3.63, 3.8) is 0 Å². The van der Waals surface area contributed by atoms with Crippen LogP contribution in [0.25, 0.3) is 0 Å². The molecule has 21 heavy (non-hydrogen) atoms. The standard InChI is InChI=1S/C17H29NO3/c1-7-12-17(6,16(5,8-2)9-3)13(4)21-18-14(19)10-11-15(18)20/h4,7-12H2,1-3,5-6H3. The number of carbonyl (C=O) groups excluding carboxylic acids is 2. The van der Waals surface area contributed by atoms with E-state index in [4.69, 9.17) is 4.84 Å². The zero-order valence-electron chi connectivity index (χ0n) is 14.1. The molecule has 0 saturated carbocycles. The molecule has 1 aliphatic rings. The molecule has 1 unspecified atom stereocenters. The minimum Gasteiger partial charge on any atom is -0.374 e. The van der Waals surface area contributed by atoms with Crippen LogP contribution in [0.3, 0.4) is 0 Å². The number of allylic oxidation sites excluding steroid dienone is 1. The van der Waals surface area contributed by atoms with Crippen LogP contribution in [-0.4, -0.2) is 16.9 Å². The Balaban J connectivity index is 3.02. The number of hydrogen-bond donors (Lipinski definition) is 0. The van der Waals surface area contributed by atoms with Crippen LogP contribution in [0, 0.1) is 10.8 Å². The van der Waals surface area contributed by atoms with Crippen molar-refractivity contribution in [2.45, 2.75) is 73.1 Å². The van der Waals surface area contributed by atoms with Gasteiger partial charge in [-0.2, -0.15) is 0 Å². The third-order valence-corrected chi connectivity index (χ3v) is 5.47. The molecule has 0 aromatic carbocycles. The smallest absolute Gasteiger partial charge is 0.263 e. The Morgan fingerprint density at radius 3 is 2.00 bits per heavy atom. The molecule has 1 aliphatic heterocycles. The van der Waals surface area contributed by atoms with E-state index < -0.39 is 0 Å². The molecule has 4 heteroatoms. The summed E-state index contributed by atoms with van der Waals surface area (Å²) >= 11 is 0. The predicted molar refractivity (Wildman–Crippen MR) is 83.0 cm³/mol. The topological polar surface area (TPSA) is 46.6 Å². The van der Waals surface area contributed by atoms with Gasteiger partial charge in [-0.3, -0.25) is 9.59 Å². The van der Waals surface area contributed by atoms with Gasteiger partial charge in [0.1, 0.15) is 5.76 Å². The Kier molecular flexibility index (Phi) is 5.60. The summed E-state index contributed by atoms with van der Waals surface area (Å²) in [5, 5.41) is 0.905. The Bertz CT molecular complexity index is 410. The van der Waals surface area contributed by atoms with Gasteiger partial charge in [0, 0.05) is 18.3 Å². The van der Waals surface area contributed by atoms with Gasteiger partial charge in [0.2, 0.25) is 0 Å². The Labute approximate surface area is 128 Å². The SMILES string of the molecule is C=C(ON1C(=O)CCC1=O)C(C)(CCC)C(C)(CC)CC. The van der Waals surface area contributed by atoms with Gasteiger partial charge in [-0.25, -0.2) is 0 Å². The summed E-state index contributed by atoms with van der Waals surface area (Å²) in [7, 11) is 0. The maximum atomic E-state index is 11.7. The molecule has 0 aromatic heterocycles. The van der Waals surface area contributed by atoms with Crippen molar-refractivity contribution in [3.05, 3.63) is 12.3 Å². The van der Waals surface area contributed by atoms with Crippen LogP contribution in [0.1, 0.15) is 73.1 Å². The molecule has 1 atom stereocenters. The van der Waals surface area contributed by atoms with Crippen LogP contribution in [0.5, 0.6) is 0 Å². The first kappa shape index (κ1) is 17.7. The number of imide groups is 1. The highest BCUT2D eigenvalue weighted by Gasteiger charge is 2.46. The Morgan fingerprint density at radius 2 is 1.62 bits per heavy atom. The minimum absolute atomic E-state index is 0.0198. The molecule has 0 spiro atoms. The fourth-order valence-electron chi connectivity index (χ4n) is 3.18. The third kappa shape index (κ3) is 3.14. The van der Waals surface area contributed by atoms with Crippen molar-refractivity contribution < 1.29 is 14.4 Å². The van der Waals surface area contributed by atoms with E-state index in [1.54, 1.807) is 0 Å². The molecular formula is C17H29NO3. The monoisotopic (exact) mass is 295 g/mol. The van der Waals surface area contributed by atoms with Gasteiger partial charge in [0.15, 0.2) is 0 Å². The first-order chi connectivity index (χ1) is 9.75. The van der Waals surface area contributed by atoms with E-state index in [0.717, 1.165) is 30.7 Å². The molecule has 0 aromatic rings. The van der Waals surface area contributed by atoms with Crippen LogP contribution in [0.2, 0.25) is 0 Å². The predicted octanol–water partition coefficient (Wildman–Crippen LogP) is 4.21. The van der Waals surface area contributed by atoms with Gasteiger partial charge < -0.3 is 4.84 Å². The van der Waals surface area contributed by atoms with Crippen LogP contribution in [0.4, 0.5) is 0 Å². The molecule has 1 heterocycles. The van der Waals surface area contributed by atoms with E-state index in [1.165, 1.54) is 0 Å². The lowest BCUT2D eigenvalue weighted by molar-refractivity contribution is -0.184. The Morgan fingerprint density at radius 1 is 1.14 bits per heavy atom. The second-order valence-electron chi connectivity index (χ2n) is 6.45. The maximum Gasteiger partial charge on any atom is 0.263 e. The van der Waals surface area contributed by atoms with Gasteiger partial charge >= 0.3 is 0 Å². The fraction of sp³-hybridized carbons (Fsp3) is 0.765. The summed E-state index contributed by atoms with van der Waals surface area (Å²) in [4.78, 5) is 29.1. The zero-order valence-corrected chi connectivity index (χ0v) is 14.1. The lowest BCUT2D eigenvalue weighted by Crippen LogP contribution is -2.42. The molecule has 120 valence electrons. The first-order valence-corrected chi connectivity index (χ1v) is 7.98. The maximum absolute atomic E-state index is 11.7. The second-order valence-corrected chi connectivity index (χ2v) is 6.45. The molecule has 1 saturated heterocycles. The van der Waals surface area contributed by atoms with E-state index >= 15 is 0 Å². The number of hydroxylamine groups is 2. The zero-order chi connectivity index (χ0) is 16.3. The normalized spacial score (nSPS) is 18.8. The summed E-state index contributed by atoms with van der Waals surface area (Å²) in [6, 6.07) is 0. The van der Waals surface area contributed by atoms with Crippen LogP contribution >= 0.6 is 0 Å². The van der Waals surface area contributed by atoms with Crippen molar-refractivity contribution in [2.24, 2.45) is 10.8 Å². The highest BCUT2D eigenvalue weighted by Crippen LogP contribution is 2.52. The summed E-state index contributed by atoms with van der Waals surface area (Å²) in [6.07, 6.45) is 4.36. The number of hydrogen-bond acceptors (Lipinski definition) is 3. The molecule has 1 fully saturated rings. The third-order valence-electron chi connectivity index (χ3n) is 5.47. The quantitative estimate of drug-likeness (QED) is 0.497. The molecule has 0 radical (unpaired) electrons. The first-order valence-electron chi connectivity index (χ1n) is 7.98. The van der Waals surface area contributed by atoms with E-state index in [9.17, 15) is 9.59 Å². The highest BCUT2D eigenvalue weighted by molar-refractivity contribution is 6.00. The summed E-state index contributed by atoms with van der Waals surface area (Å²) in [6.45, 7) is 14.9. The number of nitrogens with zero attached hydrogens (tertiary/aromatic N) is 1. The average molecular weight is 295 g/mol. The van der Waals surface area contributed by atoms with Gasteiger partial charge in [-0.15, -0.1) is 5.06 Å². The average Bonchev–Trinajstić information content (AvgIpc) is 2.78. The molecule has 1 rings (SSSR count). The van der Waals surface area contributed by atoms with E-state index in [0.29, 0.717) is 5.76 Å². The van der Waals surface area contributed by atoms with Crippen molar-refractivity contribution >= 4 is 11.8 Å². The van der Waals surface area contributed by atoms with Crippen molar-refractivity contribution in [1.82, 2.24) is 5.06 Å². The summed E-state index contributed by atoms with van der Waals surface area (Å²) in [5.74, 6) is -0.0106. The van der Waals surface area contributed by atoms with Gasteiger partial charge in [0.05, 0.1) is 0 Å². The summed E-state index contributed by atoms with van der Waals surface area (Å²) < 4.78 is 0. The highest BCUT2D eigenvalue weighted by atomic mass is 16.7. The van der Waals surface area contributed by atoms with Gasteiger partial charge in [0.25, 0.3) is 11.8 Å². The van der Waals surface area contributed by atoms with Crippen LogP contribution < -0.4 is 0 Å². The molecule has 2 amide bonds. The van der Waals surface area contributed by atoms with Crippen LogP contribution in [0.15, 0.2) is 12.3 Å². The number of amides is 2. The van der Waals surface area contributed by atoms with Gasteiger partial charge in [-0.1, -0.05) is 47.6 Å². The largest absolute Gasteiger partial charge is 0.374 e. The molecular weight excluding hydrogens is 266 g/mol. The molecule has 0 bridgehead atoms. The van der Waals surface area contributed by atoms with Crippen LogP contribution in [-0.2, 0) is 14.4 Å². The number of rotatable bonds is 8. The van der Waals surface area contributed by atoms with Gasteiger partial charge in [-0.05, 0) is 24.7 Å². The lowest BCUT2D eigenvalue weighted by Gasteiger charge is -2.46.